The summed E-state index contributed by atoms with van der Waals surface area (Å²) in [7, 11) is -3.57. The third-order valence-electron chi connectivity index (χ3n) is 5.88. The Balaban J connectivity index is 1.47. The van der Waals surface area contributed by atoms with Crippen LogP contribution in [0.2, 0.25) is 0 Å². The maximum absolute atomic E-state index is 12.7. The van der Waals surface area contributed by atoms with Crippen LogP contribution in [-0.4, -0.2) is 106 Å². The third kappa shape index (κ3) is 7.21. The SMILES string of the molecule is CC(C)NS(=O)(=O)c1ccc(NC(=O)C(C)N2CCN(C(=O)CN3CCOCC3)CC2)cc1. The molecule has 2 fully saturated rings. The highest BCUT2D eigenvalue weighted by Gasteiger charge is 2.28. The first kappa shape index (κ1) is 25.6. The number of anilines is 1. The lowest BCUT2D eigenvalue weighted by Crippen LogP contribution is -2.55. The second-order valence-corrected chi connectivity index (χ2v) is 10.5. The third-order valence-corrected chi connectivity index (χ3v) is 7.55. The van der Waals surface area contributed by atoms with Crippen molar-refractivity contribution < 1.29 is 22.7 Å². The van der Waals surface area contributed by atoms with Gasteiger partial charge in [0, 0.05) is 51.0 Å². The molecule has 2 saturated heterocycles. The Morgan fingerprint density at radius 1 is 0.970 bits per heavy atom. The van der Waals surface area contributed by atoms with E-state index in [1.807, 2.05) is 11.8 Å². The van der Waals surface area contributed by atoms with Gasteiger partial charge in [-0.25, -0.2) is 13.1 Å². The van der Waals surface area contributed by atoms with E-state index in [-0.39, 0.29) is 28.8 Å². The van der Waals surface area contributed by atoms with E-state index < -0.39 is 10.0 Å². The molecule has 11 heteroatoms. The first-order valence-electron chi connectivity index (χ1n) is 11.4. The molecule has 3 rings (SSSR count). The number of piperazine rings is 1. The first-order chi connectivity index (χ1) is 15.7. The number of nitrogens with one attached hydrogen (secondary N) is 2. The summed E-state index contributed by atoms with van der Waals surface area (Å²) in [6.07, 6.45) is 0. The fourth-order valence-electron chi connectivity index (χ4n) is 3.92. The van der Waals surface area contributed by atoms with E-state index in [1.165, 1.54) is 12.1 Å². The number of hydrogen-bond donors (Lipinski definition) is 2. The van der Waals surface area contributed by atoms with Crippen molar-refractivity contribution in [3.05, 3.63) is 24.3 Å². The Morgan fingerprint density at radius 2 is 1.58 bits per heavy atom. The number of benzene rings is 1. The maximum atomic E-state index is 12.7. The van der Waals surface area contributed by atoms with E-state index in [0.717, 1.165) is 13.1 Å². The van der Waals surface area contributed by atoms with Crippen LogP contribution >= 0.6 is 0 Å². The van der Waals surface area contributed by atoms with Gasteiger partial charge in [-0.15, -0.1) is 0 Å². The van der Waals surface area contributed by atoms with E-state index in [4.69, 9.17) is 4.74 Å². The van der Waals surface area contributed by atoms with Gasteiger partial charge in [0.15, 0.2) is 0 Å². The zero-order valence-electron chi connectivity index (χ0n) is 19.6. The Morgan fingerprint density at radius 3 is 2.15 bits per heavy atom. The van der Waals surface area contributed by atoms with E-state index in [9.17, 15) is 18.0 Å². The van der Waals surface area contributed by atoms with Gasteiger partial charge in [-0.2, -0.15) is 0 Å². The van der Waals surface area contributed by atoms with Gasteiger partial charge in [-0.1, -0.05) is 0 Å². The second kappa shape index (κ2) is 11.4. The van der Waals surface area contributed by atoms with Crippen LogP contribution in [0.15, 0.2) is 29.2 Å². The van der Waals surface area contributed by atoms with Gasteiger partial charge in [-0.3, -0.25) is 19.4 Å². The van der Waals surface area contributed by atoms with Crippen molar-refractivity contribution in [3.63, 3.8) is 0 Å². The minimum absolute atomic E-state index is 0.121. The maximum Gasteiger partial charge on any atom is 0.241 e. The largest absolute Gasteiger partial charge is 0.379 e. The lowest BCUT2D eigenvalue weighted by atomic mass is 10.2. The summed E-state index contributed by atoms with van der Waals surface area (Å²) in [5.74, 6) is -0.0466. The molecule has 0 aliphatic carbocycles. The highest BCUT2D eigenvalue weighted by molar-refractivity contribution is 7.89. The topological polar surface area (TPSA) is 111 Å². The summed E-state index contributed by atoms with van der Waals surface area (Å²) in [4.78, 5) is 31.5. The van der Waals surface area contributed by atoms with Crippen LogP contribution in [0.3, 0.4) is 0 Å². The van der Waals surface area contributed by atoms with Gasteiger partial charge in [0.1, 0.15) is 0 Å². The fourth-order valence-corrected chi connectivity index (χ4v) is 5.17. The Hall–Kier alpha value is -2.05. The number of ether oxygens (including phenoxy) is 1. The van der Waals surface area contributed by atoms with Crippen LogP contribution in [0.4, 0.5) is 5.69 Å². The molecule has 10 nitrogen and oxygen atoms in total. The fraction of sp³-hybridized carbons (Fsp3) is 0.636. The first-order valence-corrected chi connectivity index (χ1v) is 12.9. The molecule has 1 unspecified atom stereocenters. The molecule has 2 aliphatic rings. The lowest BCUT2D eigenvalue weighted by molar-refractivity contribution is -0.135. The predicted molar refractivity (Wildman–Crippen MR) is 125 cm³/mol. The number of rotatable bonds is 8. The van der Waals surface area contributed by atoms with Gasteiger partial charge in [0.25, 0.3) is 0 Å². The molecular weight excluding hydrogens is 446 g/mol. The van der Waals surface area contributed by atoms with Gasteiger partial charge in [0.2, 0.25) is 21.8 Å². The molecule has 0 saturated carbocycles. The smallest absolute Gasteiger partial charge is 0.241 e. The van der Waals surface area contributed by atoms with Crippen molar-refractivity contribution in [1.82, 2.24) is 19.4 Å². The van der Waals surface area contributed by atoms with Crippen LogP contribution in [0, 0.1) is 0 Å². The summed E-state index contributed by atoms with van der Waals surface area (Å²) in [6.45, 7) is 11.1. The molecule has 1 aromatic carbocycles. The number of sulfonamides is 1. The molecule has 0 radical (unpaired) electrons. The molecule has 2 heterocycles. The quantitative estimate of drug-likeness (QED) is 0.545. The molecular formula is C22H35N5O5S. The molecule has 184 valence electrons. The molecule has 2 aliphatic heterocycles. The summed E-state index contributed by atoms with van der Waals surface area (Å²) in [6, 6.07) is 5.55. The Kier molecular flexibility index (Phi) is 8.82. The monoisotopic (exact) mass is 481 g/mol. The van der Waals surface area contributed by atoms with E-state index >= 15 is 0 Å². The van der Waals surface area contributed by atoms with Crippen molar-refractivity contribution in [2.45, 2.75) is 37.8 Å². The molecule has 0 bridgehead atoms. The van der Waals surface area contributed by atoms with E-state index in [0.29, 0.717) is 51.6 Å². The molecule has 2 N–H and O–H groups in total. The molecule has 0 spiro atoms. The molecule has 0 aromatic heterocycles. The number of carbonyl (C=O) groups excluding carboxylic acids is 2. The summed E-state index contributed by atoms with van der Waals surface area (Å²) < 4.78 is 32.3. The summed E-state index contributed by atoms with van der Waals surface area (Å²) in [5.41, 5.74) is 0.537. The Labute approximate surface area is 196 Å². The van der Waals surface area contributed by atoms with Crippen LogP contribution < -0.4 is 10.0 Å². The molecule has 2 amide bonds. The van der Waals surface area contributed by atoms with Crippen LogP contribution in [0.1, 0.15) is 20.8 Å². The average molecular weight is 482 g/mol. The van der Waals surface area contributed by atoms with Crippen molar-refractivity contribution in [2.24, 2.45) is 0 Å². The van der Waals surface area contributed by atoms with E-state index in [2.05, 4.69) is 19.8 Å². The highest BCUT2D eigenvalue weighted by atomic mass is 32.2. The van der Waals surface area contributed by atoms with Crippen LogP contribution in [0.25, 0.3) is 0 Å². The summed E-state index contributed by atoms with van der Waals surface area (Å²) >= 11 is 0. The number of hydrogen-bond acceptors (Lipinski definition) is 7. The lowest BCUT2D eigenvalue weighted by Gasteiger charge is -2.38. The van der Waals surface area contributed by atoms with Gasteiger partial charge in [-0.05, 0) is 45.0 Å². The van der Waals surface area contributed by atoms with Gasteiger partial charge in [0.05, 0.1) is 30.7 Å². The minimum Gasteiger partial charge on any atom is -0.379 e. The van der Waals surface area contributed by atoms with E-state index in [1.54, 1.807) is 26.0 Å². The van der Waals surface area contributed by atoms with Gasteiger partial charge < -0.3 is 15.0 Å². The number of amides is 2. The standard InChI is InChI=1S/C22H35N5O5S/c1-17(2)24-33(30,31)20-6-4-19(5-7-20)23-22(29)18(3)26-8-10-27(11-9-26)21(28)16-25-12-14-32-15-13-25/h4-7,17-18,24H,8-16H2,1-3H3,(H,23,29). The molecule has 1 atom stereocenters. The highest BCUT2D eigenvalue weighted by Crippen LogP contribution is 2.16. The van der Waals surface area contributed by atoms with Crippen molar-refractivity contribution in [1.29, 1.82) is 0 Å². The molecule has 1 aromatic rings. The molecule has 33 heavy (non-hydrogen) atoms. The number of morpholine rings is 1. The zero-order valence-corrected chi connectivity index (χ0v) is 20.4. The van der Waals surface area contributed by atoms with Crippen molar-refractivity contribution in [3.8, 4) is 0 Å². The zero-order chi connectivity index (χ0) is 24.0. The second-order valence-electron chi connectivity index (χ2n) is 8.77. The average Bonchev–Trinajstić information content (AvgIpc) is 2.79. The van der Waals surface area contributed by atoms with Crippen molar-refractivity contribution >= 4 is 27.5 Å². The number of nitrogens with zero attached hydrogens (tertiary/aromatic N) is 3. The normalized spacial score (nSPS) is 19.5. The number of carbonyl (C=O) groups is 2. The predicted octanol–water partition coefficient (Wildman–Crippen LogP) is 0.177. The van der Waals surface area contributed by atoms with Crippen LogP contribution in [-0.2, 0) is 24.3 Å². The summed E-state index contributed by atoms with van der Waals surface area (Å²) in [5, 5.41) is 2.85. The van der Waals surface area contributed by atoms with Crippen LogP contribution in [0.5, 0.6) is 0 Å². The Bertz CT molecular complexity index is 908. The van der Waals surface area contributed by atoms with Crippen molar-refractivity contribution in [2.75, 3.05) is 64.3 Å². The minimum atomic E-state index is -3.57. The van der Waals surface area contributed by atoms with Gasteiger partial charge >= 0.3 is 0 Å².